The molecule has 0 atom stereocenters. The Morgan fingerprint density at radius 1 is 1.12 bits per heavy atom. The van der Waals surface area contributed by atoms with Crippen LogP contribution in [0.1, 0.15) is 16.7 Å². The van der Waals surface area contributed by atoms with Crippen molar-refractivity contribution in [1.29, 1.82) is 5.26 Å². The first kappa shape index (κ1) is 23.4. The molecule has 0 bridgehead atoms. The fourth-order valence-corrected chi connectivity index (χ4v) is 4.75. The number of pyridine rings is 1. The van der Waals surface area contributed by atoms with Crippen molar-refractivity contribution in [2.75, 3.05) is 0 Å². The molecule has 2 aromatic carbocycles. The van der Waals surface area contributed by atoms with E-state index in [1.165, 1.54) is 22.7 Å². The number of fused-ring (bicyclic) bond motifs is 1. The van der Waals surface area contributed by atoms with E-state index < -0.39 is 20.3 Å². The van der Waals surface area contributed by atoms with E-state index in [4.69, 9.17) is 4.74 Å². The van der Waals surface area contributed by atoms with Gasteiger partial charge in [0.05, 0.1) is 4.90 Å². The number of nitrogens with zero attached hydrogens (tertiary/aromatic N) is 3. The van der Waals surface area contributed by atoms with Crippen LogP contribution in [0.5, 0.6) is 11.6 Å². The van der Waals surface area contributed by atoms with E-state index >= 15 is 0 Å². The van der Waals surface area contributed by atoms with Crippen molar-refractivity contribution in [3.05, 3.63) is 103 Å². The van der Waals surface area contributed by atoms with E-state index in [1.807, 2.05) is 26.0 Å². The number of aromatic nitrogens is 2. The average Bonchev–Trinajstić information content (AvgIpc) is 2.81. The van der Waals surface area contributed by atoms with Crippen LogP contribution in [0.4, 0.5) is 0 Å². The highest BCUT2D eigenvalue weighted by molar-refractivity contribution is 9.10. The molecule has 0 fully saturated rings. The number of aryl methyl sites for hydroxylation is 2. The maximum absolute atomic E-state index is 13.3. The molecular formula is C25H18BrN3O4S. The highest BCUT2D eigenvalue weighted by Gasteiger charge is 2.23. The number of benzene rings is 2. The Morgan fingerprint density at radius 2 is 1.85 bits per heavy atom. The van der Waals surface area contributed by atoms with Gasteiger partial charge in [0.15, 0.2) is 0 Å². The SMILES string of the molecule is Cc1ccc(Oc2nc3ccccn3c(=O)c2/C=C(\C#N)S(=O)(=O)c2ccc(Br)cc2)c(C)c1. The van der Waals surface area contributed by atoms with Gasteiger partial charge in [-0.1, -0.05) is 39.7 Å². The van der Waals surface area contributed by atoms with Crippen LogP contribution >= 0.6 is 15.9 Å². The average molecular weight is 536 g/mol. The molecule has 0 spiro atoms. The van der Waals surface area contributed by atoms with Gasteiger partial charge < -0.3 is 4.74 Å². The van der Waals surface area contributed by atoms with Crippen molar-refractivity contribution < 1.29 is 13.2 Å². The summed E-state index contributed by atoms with van der Waals surface area (Å²) in [6.45, 7) is 3.79. The van der Waals surface area contributed by atoms with Crippen molar-refractivity contribution in [3.8, 4) is 17.7 Å². The van der Waals surface area contributed by atoms with Gasteiger partial charge in [0.1, 0.15) is 27.9 Å². The van der Waals surface area contributed by atoms with Gasteiger partial charge in [-0.3, -0.25) is 9.20 Å². The molecule has 170 valence electrons. The summed E-state index contributed by atoms with van der Waals surface area (Å²) in [4.78, 5) is 17.1. The van der Waals surface area contributed by atoms with Gasteiger partial charge in [-0.15, -0.1) is 0 Å². The lowest BCUT2D eigenvalue weighted by Crippen LogP contribution is -2.19. The summed E-state index contributed by atoms with van der Waals surface area (Å²) in [5, 5.41) is 9.72. The molecule has 2 heterocycles. The van der Waals surface area contributed by atoms with Crippen LogP contribution in [-0.4, -0.2) is 17.8 Å². The number of ether oxygens (including phenoxy) is 1. The number of halogens is 1. The fraction of sp³-hybridized carbons (Fsp3) is 0.0800. The molecule has 0 N–H and O–H groups in total. The van der Waals surface area contributed by atoms with Crippen LogP contribution in [0.15, 0.2) is 85.9 Å². The standard InChI is InChI=1S/C25H18BrN3O4S/c1-16-6-11-22(17(2)13-16)33-24-21(25(30)29-12-4-3-5-23(29)28-24)14-20(15-27)34(31,32)19-9-7-18(26)8-10-19/h3-14H,1-2H3/b20-14+. The van der Waals surface area contributed by atoms with Crippen molar-refractivity contribution in [2.45, 2.75) is 18.7 Å². The topological polar surface area (TPSA) is 102 Å². The predicted octanol–water partition coefficient (Wildman–Crippen LogP) is 5.20. The minimum atomic E-state index is -4.19. The van der Waals surface area contributed by atoms with Crippen molar-refractivity contribution in [1.82, 2.24) is 9.38 Å². The highest BCUT2D eigenvalue weighted by Crippen LogP contribution is 2.29. The molecule has 2 aromatic heterocycles. The van der Waals surface area contributed by atoms with E-state index in [-0.39, 0.29) is 16.3 Å². The van der Waals surface area contributed by atoms with Crippen molar-refractivity contribution in [3.63, 3.8) is 0 Å². The second-order valence-electron chi connectivity index (χ2n) is 7.51. The van der Waals surface area contributed by atoms with Gasteiger partial charge >= 0.3 is 0 Å². The molecule has 9 heteroatoms. The number of hydrogen-bond donors (Lipinski definition) is 0. The van der Waals surface area contributed by atoms with Crippen LogP contribution in [0.2, 0.25) is 0 Å². The molecule has 7 nitrogen and oxygen atoms in total. The van der Waals surface area contributed by atoms with Gasteiger partial charge in [0, 0.05) is 10.7 Å². The summed E-state index contributed by atoms with van der Waals surface area (Å²) >= 11 is 3.26. The first-order chi connectivity index (χ1) is 16.2. The van der Waals surface area contributed by atoms with Crippen LogP contribution in [0.25, 0.3) is 11.7 Å². The lowest BCUT2D eigenvalue weighted by molar-refractivity contribution is 0.457. The van der Waals surface area contributed by atoms with Crippen molar-refractivity contribution in [2.24, 2.45) is 0 Å². The number of rotatable bonds is 5. The summed E-state index contributed by atoms with van der Waals surface area (Å²) in [6, 6.07) is 18.1. The zero-order chi connectivity index (χ0) is 24.5. The summed E-state index contributed by atoms with van der Waals surface area (Å²) in [6.07, 6.45) is 2.53. The lowest BCUT2D eigenvalue weighted by atomic mass is 10.1. The van der Waals surface area contributed by atoms with Crippen LogP contribution in [-0.2, 0) is 9.84 Å². The van der Waals surface area contributed by atoms with Gasteiger partial charge in [0.2, 0.25) is 15.7 Å². The number of nitriles is 1. The first-order valence-electron chi connectivity index (χ1n) is 10.1. The third-order valence-corrected chi connectivity index (χ3v) is 7.28. The monoisotopic (exact) mass is 535 g/mol. The molecule has 4 rings (SSSR count). The van der Waals surface area contributed by atoms with Gasteiger partial charge in [-0.25, -0.2) is 8.42 Å². The Morgan fingerprint density at radius 3 is 2.53 bits per heavy atom. The molecular weight excluding hydrogens is 518 g/mol. The van der Waals surface area contributed by atoms with Crippen LogP contribution in [0, 0.1) is 25.2 Å². The number of sulfone groups is 1. The molecule has 0 saturated heterocycles. The Labute approximate surface area is 204 Å². The quantitative estimate of drug-likeness (QED) is 0.325. The van der Waals surface area contributed by atoms with E-state index in [2.05, 4.69) is 20.9 Å². The zero-order valence-electron chi connectivity index (χ0n) is 18.2. The molecule has 0 amide bonds. The minimum absolute atomic E-state index is 0.0748. The molecule has 0 aliphatic heterocycles. The van der Waals surface area contributed by atoms with E-state index in [9.17, 15) is 18.5 Å². The summed E-state index contributed by atoms with van der Waals surface area (Å²) in [5.41, 5.74) is 1.44. The zero-order valence-corrected chi connectivity index (χ0v) is 20.6. The van der Waals surface area contributed by atoms with Crippen molar-refractivity contribution >= 4 is 37.5 Å². The summed E-state index contributed by atoms with van der Waals surface area (Å²) in [5.74, 6) is 0.364. The Bertz CT molecular complexity index is 1650. The molecule has 0 aliphatic rings. The summed E-state index contributed by atoms with van der Waals surface area (Å²) in [7, 11) is -4.19. The fourth-order valence-electron chi connectivity index (χ4n) is 3.34. The lowest BCUT2D eigenvalue weighted by Gasteiger charge is -2.12. The maximum Gasteiger partial charge on any atom is 0.269 e. The maximum atomic E-state index is 13.3. The number of allylic oxidation sites excluding steroid dienone is 1. The van der Waals surface area contributed by atoms with Crippen LogP contribution < -0.4 is 10.3 Å². The smallest absolute Gasteiger partial charge is 0.269 e. The van der Waals surface area contributed by atoms with Gasteiger partial charge in [-0.2, -0.15) is 10.2 Å². The Hall–Kier alpha value is -3.74. The minimum Gasteiger partial charge on any atom is -0.438 e. The second-order valence-corrected chi connectivity index (χ2v) is 10.3. The van der Waals surface area contributed by atoms with E-state index in [0.717, 1.165) is 17.2 Å². The second kappa shape index (κ2) is 9.25. The number of hydrogen-bond acceptors (Lipinski definition) is 6. The third kappa shape index (κ3) is 4.51. The molecule has 0 unspecified atom stereocenters. The Kier molecular flexibility index (Phi) is 6.37. The molecule has 34 heavy (non-hydrogen) atoms. The van der Waals surface area contributed by atoms with E-state index in [1.54, 1.807) is 42.5 Å². The normalized spacial score (nSPS) is 11.9. The molecule has 0 saturated carbocycles. The van der Waals surface area contributed by atoms with Gasteiger partial charge in [-0.05, 0) is 68.0 Å². The first-order valence-corrected chi connectivity index (χ1v) is 12.4. The van der Waals surface area contributed by atoms with Crippen LogP contribution in [0.3, 0.4) is 0 Å². The molecule has 0 radical (unpaired) electrons. The molecule has 4 aromatic rings. The Balaban J connectivity index is 1.94. The summed E-state index contributed by atoms with van der Waals surface area (Å²) < 4.78 is 34.2. The van der Waals surface area contributed by atoms with E-state index in [0.29, 0.717) is 15.9 Å². The predicted molar refractivity (Wildman–Crippen MR) is 132 cm³/mol. The third-order valence-electron chi connectivity index (χ3n) is 5.07. The van der Waals surface area contributed by atoms with Gasteiger partial charge in [0.25, 0.3) is 5.56 Å². The largest absolute Gasteiger partial charge is 0.438 e. The highest BCUT2D eigenvalue weighted by atomic mass is 79.9. The molecule has 0 aliphatic carbocycles.